The van der Waals surface area contributed by atoms with Gasteiger partial charge < -0.3 is 14.8 Å². The number of fused-ring (bicyclic) bond motifs is 1. The third kappa shape index (κ3) is 4.64. The highest BCUT2D eigenvalue weighted by atomic mass is 19.4. The first-order valence-corrected chi connectivity index (χ1v) is 10.5. The molecule has 3 aromatic rings. The second kappa shape index (κ2) is 8.68. The Morgan fingerprint density at radius 3 is 2.66 bits per heavy atom. The van der Waals surface area contributed by atoms with Crippen LogP contribution in [0.2, 0.25) is 0 Å². The van der Waals surface area contributed by atoms with Crippen molar-refractivity contribution in [2.24, 2.45) is 7.05 Å². The van der Waals surface area contributed by atoms with Crippen LogP contribution < -0.4 is 5.32 Å². The van der Waals surface area contributed by atoms with E-state index in [2.05, 4.69) is 5.32 Å². The van der Waals surface area contributed by atoms with E-state index < -0.39 is 17.8 Å². The lowest BCUT2D eigenvalue weighted by Crippen LogP contribution is -2.39. The van der Waals surface area contributed by atoms with Crippen LogP contribution in [0.3, 0.4) is 0 Å². The van der Waals surface area contributed by atoms with Gasteiger partial charge in [0.15, 0.2) is 0 Å². The average molecular weight is 443 g/mol. The van der Waals surface area contributed by atoms with Crippen LogP contribution in [0.1, 0.15) is 35.6 Å². The number of amides is 2. The predicted molar refractivity (Wildman–Crippen MR) is 115 cm³/mol. The second-order valence-electron chi connectivity index (χ2n) is 8.15. The first-order valence-electron chi connectivity index (χ1n) is 10.5. The SMILES string of the molecule is Cn1cc(CC(=O)NC(CN2CCCC2=O)c2cccc(C(F)(F)F)c2)c2ccccc21. The predicted octanol–water partition coefficient (Wildman–Crippen LogP) is 4.22. The van der Waals surface area contributed by atoms with Crippen LogP contribution in [0.5, 0.6) is 0 Å². The number of carbonyl (C=O) groups is 2. The number of aryl methyl sites for hydroxylation is 1. The van der Waals surface area contributed by atoms with Crippen molar-refractivity contribution in [3.05, 3.63) is 71.4 Å². The Kier molecular flexibility index (Phi) is 5.95. The summed E-state index contributed by atoms with van der Waals surface area (Å²) in [5.74, 6) is -0.360. The molecule has 2 amide bonds. The molecule has 0 saturated carbocycles. The Bertz CT molecular complexity index is 1150. The van der Waals surface area contributed by atoms with Crippen molar-refractivity contribution in [1.82, 2.24) is 14.8 Å². The molecule has 168 valence electrons. The van der Waals surface area contributed by atoms with Gasteiger partial charge >= 0.3 is 6.18 Å². The minimum absolute atomic E-state index is 0.0507. The molecular weight excluding hydrogens is 419 g/mol. The molecule has 1 fully saturated rings. The van der Waals surface area contributed by atoms with Gasteiger partial charge in [-0.25, -0.2) is 0 Å². The maximum absolute atomic E-state index is 13.2. The third-order valence-electron chi connectivity index (χ3n) is 5.86. The first kappa shape index (κ1) is 21.9. The van der Waals surface area contributed by atoms with Crippen LogP contribution in [0.4, 0.5) is 13.2 Å². The molecule has 1 aromatic heterocycles. The van der Waals surface area contributed by atoms with Gasteiger partial charge in [0.2, 0.25) is 11.8 Å². The smallest absolute Gasteiger partial charge is 0.350 e. The van der Waals surface area contributed by atoms with E-state index in [0.29, 0.717) is 24.9 Å². The minimum atomic E-state index is -4.49. The Morgan fingerprint density at radius 1 is 1.16 bits per heavy atom. The van der Waals surface area contributed by atoms with Crippen LogP contribution in [-0.2, 0) is 29.2 Å². The molecule has 0 aliphatic carbocycles. The van der Waals surface area contributed by atoms with Crippen LogP contribution >= 0.6 is 0 Å². The van der Waals surface area contributed by atoms with Crippen molar-refractivity contribution in [3.63, 3.8) is 0 Å². The van der Waals surface area contributed by atoms with Crippen molar-refractivity contribution in [1.29, 1.82) is 0 Å². The van der Waals surface area contributed by atoms with Crippen LogP contribution in [0.25, 0.3) is 10.9 Å². The Morgan fingerprint density at radius 2 is 1.94 bits per heavy atom. The number of hydrogen-bond donors (Lipinski definition) is 1. The Hall–Kier alpha value is -3.29. The zero-order valence-electron chi connectivity index (χ0n) is 17.7. The van der Waals surface area contributed by atoms with E-state index in [1.165, 1.54) is 6.07 Å². The summed E-state index contributed by atoms with van der Waals surface area (Å²) in [7, 11) is 1.90. The molecule has 1 unspecified atom stereocenters. The number of benzene rings is 2. The fourth-order valence-corrected chi connectivity index (χ4v) is 4.27. The van der Waals surface area contributed by atoms with E-state index in [-0.39, 0.29) is 24.8 Å². The number of rotatable bonds is 6. The highest BCUT2D eigenvalue weighted by molar-refractivity contribution is 5.89. The van der Waals surface area contributed by atoms with Gasteiger partial charge in [-0.05, 0) is 35.7 Å². The summed E-state index contributed by atoms with van der Waals surface area (Å²) in [5, 5.41) is 3.83. The maximum Gasteiger partial charge on any atom is 0.416 e. The normalized spacial score (nSPS) is 15.4. The van der Waals surface area contributed by atoms with Crippen LogP contribution in [-0.4, -0.2) is 34.4 Å². The van der Waals surface area contributed by atoms with Crippen LogP contribution in [0.15, 0.2) is 54.7 Å². The number of hydrogen-bond acceptors (Lipinski definition) is 2. The lowest BCUT2D eigenvalue weighted by atomic mass is 10.0. The van der Waals surface area contributed by atoms with Gasteiger partial charge in [0.1, 0.15) is 0 Å². The number of aromatic nitrogens is 1. The van der Waals surface area contributed by atoms with Crippen molar-refractivity contribution in [3.8, 4) is 0 Å². The first-order chi connectivity index (χ1) is 15.2. The van der Waals surface area contributed by atoms with Gasteiger partial charge in [-0.3, -0.25) is 9.59 Å². The molecule has 0 bridgehead atoms. The zero-order valence-corrected chi connectivity index (χ0v) is 17.7. The minimum Gasteiger partial charge on any atom is -0.350 e. The maximum atomic E-state index is 13.2. The molecule has 2 aromatic carbocycles. The fourth-order valence-electron chi connectivity index (χ4n) is 4.27. The van der Waals surface area contributed by atoms with Gasteiger partial charge in [-0.1, -0.05) is 30.3 Å². The van der Waals surface area contributed by atoms with Crippen molar-refractivity contribution in [2.75, 3.05) is 13.1 Å². The number of nitrogens with zero attached hydrogens (tertiary/aromatic N) is 2. The number of halogens is 3. The third-order valence-corrected chi connectivity index (χ3v) is 5.86. The number of para-hydroxylation sites is 1. The van der Waals surface area contributed by atoms with Gasteiger partial charge in [0.25, 0.3) is 0 Å². The summed E-state index contributed by atoms with van der Waals surface area (Å²) in [4.78, 5) is 26.7. The molecule has 2 heterocycles. The largest absolute Gasteiger partial charge is 0.416 e. The summed E-state index contributed by atoms with van der Waals surface area (Å²) in [6, 6.07) is 11.9. The molecule has 1 saturated heterocycles. The summed E-state index contributed by atoms with van der Waals surface area (Å²) >= 11 is 0. The van der Waals surface area contributed by atoms with Crippen molar-refractivity contribution < 1.29 is 22.8 Å². The van der Waals surface area contributed by atoms with E-state index in [0.717, 1.165) is 28.6 Å². The van der Waals surface area contributed by atoms with Crippen molar-refractivity contribution in [2.45, 2.75) is 31.5 Å². The highest BCUT2D eigenvalue weighted by Crippen LogP contribution is 2.31. The molecular formula is C24H24F3N3O2. The molecule has 1 aliphatic rings. The van der Waals surface area contributed by atoms with E-state index in [9.17, 15) is 22.8 Å². The van der Waals surface area contributed by atoms with E-state index in [1.807, 2.05) is 42.1 Å². The second-order valence-corrected chi connectivity index (χ2v) is 8.15. The number of carbonyl (C=O) groups excluding carboxylic acids is 2. The summed E-state index contributed by atoms with van der Waals surface area (Å²) in [5.41, 5.74) is 1.37. The van der Waals surface area contributed by atoms with Crippen LogP contribution in [0, 0.1) is 0 Å². The van der Waals surface area contributed by atoms with E-state index in [1.54, 1.807) is 11.0 Å². The van der Waals surface area contributed by atoms with Gasteiger partial charge in [0, 0.05) is 43.7 Å². The van der Waals surface area contributed by atoms with E-state index >= 15 is 0 Å². The molecule has 5 nitrogen and oxygen atoms in total. The molecule has 4 rings (SSSR count). The van der Waals surface area contributed by atoms with Gasteiger partial charge in [0.05, 0.1) is 18.0 Å². The summed E-state index contributed by atoms with van der Waals surface area (Å²) < 4.78 is 41.7. The molecule has 0 spiro atoms. The summed E-state index contributed by atoms with van der Waals surface area (Å²) in [6.45, 7) is 0.676. The number of likely N-dealkylation sites (tertiary alicyclic amines) is 1. The zero-order chi connectivity index (χ0) is 22.9. The quantitative estimate of drug-likeness (QED) is 0.620. The molecule has 1 aliphatic heterocycles. The molecule has 0 radical (unpaired) electrons. The Balaban J connectivity index is 1.58. The molecule has 1 atom stereocenters. The molecule has 8 heteroatoms. The number of alkyl halides is 3. The lowest BCUT2D eigenvalue weighted by molar-refractivity contribution is -0.137. The van der Waals surface area contributed by atoms with Gasteiger partial charge in [-0.15, -0.1) is 0 Å². The lowest BCUT2D eigenvalue weighted by Gasteiger charge is -2.26. The molecule has 1 N–H and O–H groups in total. The topological polar surface area (TPSA) is 54.3 Å². The standard InChI is InChI=1S/C24H24F3N3O2/c1-29-14-17(19-8-2-3-9-21(19)29)13-22(31)28-20(15-30-11-5-10-23(30)32)16-6-4-7-18(12-16)24(25,26)27/h2-4,6-9,12,14,20H,5,10-11,13,15H2,1H3,(H,28,31). The number of nitrogens with one attached hydrogen (secondary N) is 1. The highest BCUT2D eigenvalue weighted by Gasteiger charge is 2.32. The summed E-state index contributed by atoms with van der Waals surface area (Å²) in [6.07, 6.45) is -1.40. The fraction of sp³-hybridized carbons (Fsp3) is 0.333. The Labute approximate surface area is 183 Å². The van der Waals surface area contributed by atoms with Gasteiger partial charge in [-0.2, -0.15) is 13.2 Å². The van der Waals surface area contributed by atoms with Crippen molar-refractivity contribution >= 4 is 22.7 Å². The monoisotopic (exact) mass is 443 g/mol. The average Bonchev–Trinajstić information content (AvgIpc) is 3.30. The molecule has 32 heavy (non-hydrogen) atoms. The van der Waals surface area contributed by atoms with E-state index in [4.69, 9.17) is 0 Å².